The molecule has 4 heteroatoms. The Morgan fingerprint density at radius 3 is 2.33 bits per heavy atom. The van der Waals surface area contributed by atoms with Gasteiger partial charge in [-0.05, 0) is 29.8 Å². The smallest absolute Gasteiger partial charge is 0.335 e. The van der Waals surface area contributed by atoms with Gasteiger partial charge in [-0.15, -0.1) is 0 Å². The Morgan fingerprint density at radius 2 is 1.76 bits per heavy atom. The molecule has 0 spiro atoms. The number of anilines is 1. The summed E-state index contributed by atoms with van der Waals surface area (Å²) in [5.74, 6) is -0.925. The van der Waals surface area contributed by atoms with E-state index in [1.54, 1.807) is 12.1 Å². The zero-order chi connectivity index (χ0) is 15.1. The largest absolute Gasteiger partial charge is 0.478 e. The van der Waals surface area contributed by atoms with Crippen LogP contribution in [0.2, 0.25) is 0 Å². The number of nitrogens with zero attached hydrogens (tertiary/aromatic N) is 2. The van der Waals surface area contributed by atoms with E-state index in [-0.39, 0.29) is 5.56 Å². The van der Waals surface area contributed by atoms with E-state index in [0.717, 1.165) is 11.3 Å². The number of benzene rings is 2. The van der Waals surface area contributed by atoms with E-state index in [0.29, 0.717) is 19.5 Å². The Balaban J connectivity index is 2.15. The molecule has 0 heterocycles. The van der Waals surface area contributed by atoms with E-state index in [9.17, 15) is 4.79 Å². The molecular weight excluding hydrogens is 264 g/mol. The molecule has 0 amide bonds. The number of carboxylic acids is 1. The van der Waals surface area contributed by atoms with Crippen molar-refractivity contribution in [2.45, 2.75) is 13.0 Å². The summed E-state index contributed by atoms with van der Waals surface area (Å²) >= 11 is 0. The fraction of sp³-hybridized carbons (Fsp3) is 0.176. The summed E-state index contributed by atoms with van der Waals surface area (Å²) in [7, 11) is 0. The molecular formula is C17H16N2O2. The molecule has 0 bridgehead atoms. The number of hydrogen-bond acceptors (Lipinski definition) is 3. The molecule has 0 aromatic heterocycles. The van der Waals surface area contributed by atoms with Crippen molar-refractivity contribution in [2.75, 3.05) is 11.4 Å². The van der Waals surface area contributed by atoms with Crippen molar-refractivity contribution in [2.24, 2.45) is 0 Å². The van der Waals surface area contributed by atoms with Gasteiger partial charge < -0.3 is 10.0 Å². The van der Waals surface area contributed by atoms with Crippen molar-refractivity contribution in [3.05, 3.63) is 65.7 Å². The van der Waals surface area contributed by atoms with Gasteiger partial charge in [0, 0.05) is 18.8 Å². The van der Waals surface area contributed by atoms with Crippen LogP contribution in [-0.4, -0.2) is 17.6 Å². The highest BCUT2D eigenvalue weighted by atomic mass is 16.4. The third kappa shape index (κ3) is 4.08. The van der Waals surface area contributed by atoms with Gasteiger partial charge in [0.15, 0.2) is 0 Å². The zero-order valence-corrected chi connectivity index (χ0v) is 11.6. The summed E-state index contributed by atoms with van der Waals surface area (Å²) in [5, 5.41) is 17.7. The monoisotopic (exact) mass is 280 g/mol. The molecule has 0 saturated carbocycles. The average molecular weight is 280 g/mol. The van der Waals surface area contributed by atoms with Crippen LogP contribution in [0.5, 0.6) is 0 Å². The Hall–Kier alpha value is -2.80. The number of aromatic carboxylic acids is 1. The lowest BCUT2D eigenvalue weighted by molar-refractivity contribution is 0.0697. The Bertz CT molecular complexity index is 630. The maximum Gasteiger partial charge on any atom is 0.335 e. The van der Waals surface area contributed by atoms with Gasteiger partial charge in [0.1, 0.15) is 0 Å². The highest BCUT2D eigenvalue weighted by molar-refractivity contribution is 5.87. The highest BCUT2D eigenvalue weighted by Gasteiger charge is 2.08. The molecule has 1 N–H and O–H groups in total. The van der Waals surface area contributed by atoms with Crippen LogP contribution in [0, 0.1) is 11.3 Å². The second-order valence-electron chi connectivity index (χ2n) is 4.67. The van der Waals surface area contributed by atoms with E-state index in [4.69, 9.17) is 10.4 Å². The van der Waals surface area contributed by atoms with E-state index in [2.05, 4.69) is 11.0 Å². The molecule has 0 radical (unpaired) electrons. The second kappa shape index (κ2) is 7.11. The van der Waals surface area contributed by atoms with Crippen LogP contribution in [0.25, 0.3) is 0 Å². The van der Waals surface area contributed by atoms with Gasteiger partial charge >= 0.3 is 5.97 Å². The molecule has 0 aliphatic heterocycles. The summed E-state index contributed by atoms with van der Waals surface area (Å²) in [6.45, 7) is 1.28. The third-order valence-corrected chi connectivity index (χ3v) is 3.19. The van der Waals surface area contributed by atoms with E-state index >= 15 is 0 Å². The van der Waals surface area contributed by atoms with Crippen molar-refractivity contribution in [3.63, 3.8) is 0 Å². The molecule has 4 nitrogen and oxygen atoms in total. The molecule has 2 rings (SSSR count). The zero-order valence-electron chi connectivity index (χ0n) is 11.6. The average Bonchev–Trinajstić information content (AvgIpc) is 2.52. The number of carbonyl (C=O) groups is 1. The number of nitriles is 1. The fourth-order valence-corrected chi connectivity index (χ4v) is 2.10. The maximum atomic E-state index is 10.9. The lowest BCUT2D eigenvalue weighted by Gasteiger charge is -2.24. The summed E-state index contributed by atoms with van der Waals surface area (Å²) < 4.78 is 0. The van der Waals surface area contributed by atoms with Crippen LogP contribution in [0.1, 0.15) is 22.3 Å². The molecule has 2 aromatic rings. The molecule has 21 heavy (non-hydrogen) atoms. The van der Waals surface area contributed by atoms with Crippen molar-refractivity contribution in [1.82, 2.24) is 0 Å². The van der Waals surface area contributed by atoms with E-state index in [1.165, 1.54) is 0 Å². The molecule has 0 atom stereocenters. The van der Waals surface area contributed by atoms with Gasteiger partial charge in [-0.25, -0.2) is 4.79 Å². The minimum absolute atomic E-state index is 0.280. The topological polar surface area (TPSA) is 64.3 Å². The van der Waals surface area contributed by atoms with Gasteiger partial charge in [-0.3, -0.25) is 0 Å². The Labute approximate surface area is 123 Å². The summed E-state index contributed by atoms with van der Waals surface area (Å²) in [4.78, 5) is 13.0. The number of para-hydroxylation sites is 1. The molecule has 0 fully saturated rings. The van der Waals surface area contributed by atoms with E-state index < -0.39 is 5.97 Å². The van der Waals surface area contributed by atoms with Crippen LogP contribution in [-0.2, 0) is 6.54 Å². The minimum atomic E-state index is -0.925. The van der Waals surface area contributed by atoms with Crippen molar-refractivity contribution < 1.29 is 9.90 Å². The standard InChI is InChI=1S/C17H16N2O2/c18-11-4-12-19(16-5-2-1-3-6-16)13-14-7-9-15(10-8-14)17(20)21/h1-3,5-10H,4,12-13H2,(H,20,21). The summed E-state index contributed by atoms with van der Waals surface area (Å²) in [6.07, 6.45) is 0.447. The number of hydrogen-bond donors (Lipinski definition) is 1. The Kier molecular flexibility index (Phi) is 4.94. The van der Waals surface area contributed by atoms with Crippen molar-refractivity contribution in [1.29, 1.82) is 5.26 Å². The normalized spacial score (nSPS) is 9.86. The van der Waals surface area contributed by atoms with Gasteiger partial charge in [-0.1, -0.05) is 30.3 Å². The van der Waals surface area contributed by atoms with Crippen LogP contribution in [0.4, 0.5) is 5.69 Å². The van der Waals surface area contributed by atoms with Crippen molar-refractivity contribution in [3.8, 4) is 6.07 Å². The lowest BCUT2D eigenvalue weighted by Crippen LogP contribution is -2.23. The molecule has 0 aliphatic carbocycles. The predicted octanol–water partition coefficient (Wildman–Crippen LogP) is 3.31. The predicted molar refractivity (Wildman–Crippen MR) is 81.1 cm³/mol. The molecule has 0 saturated heterocycles. The van der Waals surface area contributed by atoms with Crippen LogP contribution in [0.15, 0.2) is 54.6 Å². The van der Waals surface area contributed by atoms with Gasteiger partial charge in [0.25, 0.3) is 0 Å². The molecule has 0 unspecified atom stereocenters. The van der Waals surface area contributed by atoms with Crippen LogP contribution < -0.4 is 4.90 Å². The van der Waals surface area contributed by atoms with Crippen LogP contribution in [0.3, 0.4) is 0 Å². The molecule has 106 valence electrons. The van der Waals surface area contributed by atoms with Crippen LogP contribution >= 0.6 is 0 Å². The third-order valence-electron chi connectivity index (χ3n) is 3.19. The summed E-state index contributed by atoms with van der Waals surface area (Å²) in [5.41, 5.74) is 2.35. The second-order valence-corrected chi connectivity index (χ2v) is 4.67. The van der Waals surface area contributed by atoms with Crippen molar-refractivity contribution >= 4 is 11.7 Å². The highest BCUT2D eigenvalue weighted by Crippen LogP contribution is 2.17. The fourth-order valence-electron chi connectivity index (χ4n) is 2.10. The first-order valence-electron chi connectivity index (χ1n) is 6.70. The van der Waals surface area contributed by atoms with Gasteiger partial charge in [0.05, 0.1) is 18.1 Å². The number of rotatable bonds is 6. The first-order valence-corrected chi connectivity index (χ1v) is 6.70. The first kappa shape index (κ1) is 14.6. The molecule has 0 aliphatic rings. The van der Waals surface area contributed by atoms with Gasteiger partial charge in [0.2, 0.25) is 0 Å². The lowest BCUT2D eigenvalue weighted by atomic mass is 10.1. The first-order chi connectivity index (χ1) is 10.2. The van der Waals surface area contributed by atoms with E-state index in [1.807, 2.05) is 42.5 Å². The van der Waals surface area contributed by atoms with Gasteiger partial charge in [-0.2, -0.15) is 5.26 Å². The maximum absolute atomic E-state index is 10.9. The SMILES string of the molecule is N#CCCN(Cc1ccc(C(=O)O)cc1)c1ccccc1. The Morgan fingerprint density at radius 1 is 1.10 bits per heavy atom. The quantitative estimate of drug-likeness (QED) is 0.881. The minimum Gasteiger partial charge on any atom is -0.478 e. The summed E-state index contributed by atoms with van der Waals surface area (Å²) in [6, 6.07) is 18.9. The molecule has 2 aromatic carbocycles. The number of carboxylic acid groups (broad SMARTS) is 1.